The summed E-state index contributed by atoms with van der Waals surface area (Å²) in [7, 11) is 1.86. The van der Waals surface area contributed by atoms with E-state index in [1.165, 1.54) is 4.90 Å². The van der Waals surface area contributed by atoms with Gasteiger partial charge < -0.3 is 9.64 Å². The van der Waals surface area contributed by atoms with E-state index in [2.05, 4.69) is 0 Å². The zero-order valence-electron chi connectivity index (χ0n) is 20.3. The molecule has 0 saturated heterocycles. The predicted octanol–water partition coefficient (Wildman–Crippen LogP) is 5.51. The molecule has 5 nitrogen and oxygen atoms in total. The van der Waals surface area contributed by atoms with E-state index in [1.54, 1.807) is 24.3 Å². The van der Waals surface area contributed by atoms with Crippen LogP contribution in [0.1, 0.15) is 36.1 Å². The highest BCUT2D eigenvalue weighted by molar-refractivity contribution is 6.45. The van der Waals surface area contributed by atoms with E-state index in [4.69, 9.17) is 4.74 Å². The Hall–Kier alpha value is -3.86. The van der Waals surface area contributed by atoms with Crippen molar-refractivity contribution >= 4 is 23.1 Å². The Morgan fingerprint density at radius 3 is 2.18 bits per heavy atom. The van der Waals surface area contributed by atoms with Crippen LogP contribution in [0, 0.1) is 13.8 Å². The number of hydrogen-bond donors (Lipinski definition) is 0. The van der Waals surface area contributed by atoms with Crippen molar-refractivity contribution in [2.24, 2.45) is 0 Å². The van der Waals surface area contributed by atoms with Crippen LogP contribution in [0.2, 0.25) is 0 Å². The topological polar surface area (TPSA) is 49.9 Å². The highest BCUT2D eigenvalue weighted by atomic mass is 16.5. The number of ether oxygens (including phenoxy) is 1. The zero-order chi connectivity index (χ0) is 24.4. The standard InChI is InChI=1S/C29H30N2O3/c1-19(2)34-24-14-12-23(13-15-24)31-28(32)26(25-16-11-20(3)17-21(25)4)27(29(31)33)30(5)18-22-9-7-6-8-10-22/h6-17,19H,18H2,1-5H3. The van der Waals surface area contributed by atoms with E-state index in [0.29, 0.717) is 29.3 Å². The first kappa shape index (κ1) is 23.3. The van der Waals surface area contributed by atoms with E-state index in [9.17, 15) is 9.59 Å². The average Bonchev–Trinajstić information content (AvgIpc) is 3.05. The smallest absolute Gasteiger partial charge is 0.282 e. The minimum absolute atomic E-state index is 0.0388. The molecular formula is C29H30N2O3. The Morgan fingerprint density at radius 2 is 1.56 bits per heavy atom. The number of anilines is 1. The minimum atomic E-state index is -0.323. The fourth-order valence-corrected chi connectivity index (χ4v) is 4.33. The molecule has 0 atom stereocenters. The van der Waals surface area contributed by atoms with Gasteiger partial charge in [-0.15, -0.1) is 0 Å². The molecule has 0 N–H and O–H groups in total. The van der Waals surface area contributed by atoms with Crippen LogP contribution in [0.5, 0.6) is 5.75 Å². The molecule has 1 aliphatic heterocycles. The van der Waals surface area contributed by atoms with Crippen LogP contribution >= 0.6 is 0 Å². The lowest BCUT2D eigenvalue weighted by Gasteiger charge is -2.22. The van der Waals surface area contributed by atoms with E-state index in [-0.39, 0.29) is 17.9 Å². The monoisotopic (exact) mass is 454 g/mol. The van der Waals surface area contributed by atoms with Crippen molar-refractivity contribution in [3.05, 3.63) is 101 Å². The molecule has 0 fully saturated rings. The Kier molecular flexibility index (Phi) is 6.55. The fourth-order valence-electron chi connectivity index (χ4n) is 4.33. The molecule has 5 heteroatoms. The van der Waals surface area contributed by atoms with Crippen LogP contribution in [-0.4, -0.2) is 29.9 Å². The van der Waals surface area contributed by atoms with Gasteiger partial charge in [-0.1, -0.05) is 54.1 Å². The number of rotatable bonds is 7. The van der Waals surface area contributed by atoms with Gasteiger partial charge in [0.2, 0.25) is 0 Å². The summed E-state index contributed by atoms with van der Waals surface area (Å²) >= 11 is 0. The maximum absolute atomic E-state index is 13.8. The van der Waals surface area contributed by atoms with Gasteiger partial charge in [0.25, 0.3) is 11.8 Å². The van der Waals surface area contributed by atoms with Gasteiger partial charge in [0.1, 0.15) is 11.4 Å². The van der Waals surface area contributed by atoms with Crippen LogP contribution in [0.15, 0.2) is 78.5 Å². The van der Waals surface area contributed by atoms with Crippen LogP contribution in [0.25, 0.3) is 5.57 Å². The molecule has 4 rings (SSSR count). The van der Waals surface area contributed by atoms with Gasteiger partial charge in [0.15, 0.2) is 0 Å². The molecule has 34 heavy (non-hydrogen) atoms. The molecule has 174 valence electrons. The first-order chi connectivity index (χ1) is 16.3. The molecule has 0 radical (unpaired) electrons. The highest BCUT2D eigenvalue weighted by Crippen LogP contribution is 2.36. The first-order valence-corrected chi connectivity index (χ1v) is 11.5. The second-order valence-corrected chi connectivity index (χ2v) is 8.99. The molecule has 3 aromatic carbocycles. The van der Waals surface area contributed by atoms with Gasteiger partial charge >= 0.3 is 0 Å². The second kappa shape index (κ2) is 9.56. The van der Waals surface area contributed by atoms with Crippen molar-refractivity contribution in [3.63, 3.8) is 0 Å². The molecule has 1 aliphatic rings. The number of amides is 2. The first-order valence-electron chi connectivity index (χ1n) is 11.5. The minimum Gasteiger partial charge on any atom is -0.491 e. The third kappa shape index (κ3) is 4.60. The van der Waals surface area contributed by atoms with E-state index in [0.717, 1.165) is 22.3 Å². The quantitative estimate of drug-likeness (QED) is 0.442. The summed E-state index contributed by atoms with van der Waals surface area (Å²) in [5.41, 5.74) is 5.27. The van der Waals surface area contributed by atoms with Crippen LogP contribution in [0.4, 0.5) is 5.69 Å². The van der Waals surface area contributed by atoms with Crippen molar-refractivity contribution in [2.75, 3.05) is 11.9 Å². The summed E-state index contributed by atoms with van der Waals surface area (Å²) in [6, 6.07) is 23.0. The molecule has 0 aromatic heterocycles. The molecular weight excluding hydrogens is 424 g/mol. The number of carbonyl (C=O) groups excluding carboxylic acids is 2. The Morgan fingerprint density at radius 1 is 0.882 bits per heavy atom. The average molecular weight is 455 g/mol. The van der Waals surface area contributed by atoms with Gasteiger partial charge in [-0.2, -0.15) is 0 Å². The maximum atomic E-state index is 13.8. The lowest BCUT2D eigenvalue weighted by molar-refractivity contribution is -0.120. The summed E-state index contributed by atoms with van der Waals surface area (Å²) in [4.78, 5) is 30.7. The van der Waals surface area contributed by atoms with Crippen LogP contribution in [0.3, 0.4) is 0 Å². The Labute approximate surface area is 201 Å². The third-order valence-corrected chi connectivity index (χ3v) is 5.82. The van der Waals surface area contributed by atoms with Gasteiger partial charge in [-0.05, 0) is 68.7 Å². The van der Waals surface area contributed by atoms with Gasteiger partial charge in [0.05, 0.1) is 17.4 Å². The Bertz CT molecular complexity index is 1240. The molecule has 0 bridgehead atoms. The fraction of sp³-hybridized carbons (Fsp3) is 0.241. The van der Waals surface area contributed by atoms with Crippen LogP contribution < -0.4 is 9.64 Å². The number of aryl methyl sites for hydroxylation is 2. The van der Waals surface area contributed by atoms with E-state index < -0.39 is 0 Å². The molecule has 2 amide bonds. The lowest BCUT2D eigenvalue weighted by atomic mass is 9.97. The predicted molar refractivity (Wildman–Crippen MR) is 135 cm³/mol. The number of nitrogens with zero attached hydrogens (tertiary/aromatic N) is 2. The highest BCUT2D eigenvalue weighted by Gasteiger charge is 2.42. The number of hydrogen-bond acceptors (Lipinski definition) is 4. The van der Waals surface area contributed by atoms with Crippen molar-refractivity contribution in [3.8, 4) is 5.75 Å². The lowest BCUT2D eigenvalue weighted by Crippen LogP contribution is -2.34. The van der Waals surface area contributed by atoms with Crippen molar-refractivity contribution in [1.82, 2.24) is 4.90 Å². The third-order valence-electron chi connectivity index (χ3n) is 5.82. The molecule has 0 spiro atoms. The van der Waals surface area contributed by atoms with Gasteiger partial charge in [-0.25, -0.2) is 4.90 Å². The summed E-state index contributed by atoms with van der Waals surface area (Å²) in [6.07, 6.45) is 0.0388. The number of imide groups is 1. The summed E-state index contributed by atoms with van der Waals surface area (Å²) < 4.78 is 5.72. The van der Waals surface area contributed by atoms with E-state index >= 15 is 0 Å². The second-order valence-electron chi connectivity index (χ2n) is 8.99. The maximum Gasteiger partial charge on any atom is 0.282 e. The van der Waals surface area contributed by atoms with Crippen molar-refractivity contribution < 1.29 is 14.3 Å². The van der Waals surface area contributed by atoms with E-state index in [1.807, 2.05) is 88.2 Å². The molecule has 3 aromatic rings. The normalized spacial score (nSPS) is 13.8. The molecule has 0 aliphatic carbocycles. The van der Waals surface area contributed by atoms with Crippen LogP contribution in [-0.2, 0) is 16.1 Å². The Balaban J connectivity index is 1.77. The van der Waals surface area contributed by atoms with Crippen molar-refractivity contribution in [2.45, 2.75) is 40.3 Å². The molecule has 0 saturated carbocycles. The molecule has 1 heterocycles. The SMILES string of the molecule is Cc1ccc(C2=C(N(C)Cc3ccccc3)C(=O)N(c3ccc(OC(C)C)cc3)C2=O)c(C)c1. The van der Waals surface area contributed by atoms with Crippen molar-refractivity contribution in [1.29, 1.82) is 0 Å². The summed E-state index contributed by atoms with van der Waals surface area (Å²) in [6.45, 7) is 8.41. The van der Waals surface area contributed by atoms with Gasteiger partial charge in [0, 0.05) is 13.6 Å². The molecule has 0 unspecified atom stereocenters. The summed E-state index contributed by atoms with van der Waals surface area (Å²) in [5.74, 6) is 0.0575. The van der Waals surface area contributed by atoms with Gasteiger partial charge in [-0.3, -0.25) is 9.59 Å². The zero-order valence-corrected chi connectivity index (χ0v) is 20.3. The number of likely N-dealkylation sites (N-methyl/N-ethyl adjacent to an activating group) is 1. The number of benzene rings is 3. The number of carbonyl (C=O) groups is 2. The summed E-state index contributed by atoms with van der Waals surface area (Å²) in [5, 5.41) is 0. The largest absolute Gasteiger partial charge is 0.491 e.